The molecule has 8 nitrogen and oxygen atoms in total. The molecule has 2 atom stereocenters. The van der Waals surface area contributed by atoms with Crippen molar-refractivity contribution in [1.29, 1.82) is 0 Å². The Balaban J connectivity index is 1.70. The second-order valence-electron chi connectivity index (χ2n) is 10.1. The van der Waals surface area contributed by atoms with Gasteiger partial charge < -0.3 is 10.1 Å². The number of carbonyl (C=O) groups is 3. The first-order valence-corrected chi connectivity index (χ1v) is 13.9. The summed E-state index contributed by atoms with van der Waals surface area (Å²) in [6.45, 7) is 5.20. The fraction of sp³-hybridized carbons (Fsp3) is 0.250. The lowest BCUT2D eigenvalue weighted by atomic mass is 9.80. The number of nitrogens with one attached hydrogen (secondary N) is 1. The van der Waals surface area contributed by atoms with Crippen LogP contribution in [-0.2, 0) is 15.7 Å². The summed E-state index contributed by atoms with van der Waals surface area (Å²) in [5.41, 5.74) is 0.262. The summed E-state index contributed by atoms with van der Waals surface area (Å²) in [6, 6.07) is 15.3. The van der Waals surface area contributed by atoms with Crippen molar-refractivity contribution >= 4 is 23.6 Å². The number of likely N-dealkylation sites (N-methyl/N-ethyl adjacent to an activating group) is 1. The minimum Gasteiger partial charge on any atom is -0.462 e. The topological polar surface area (TPSA) is 93.5 Å². The number of alkyl halides is 3. The van der Waals surface area contributed by atoms with Gasteiger partial charge in [0.15, 0.2) is 0 Å². The summed E-state index contributed by atoms with van der Waals surface area (Å²) >= 11 is 0. The summed E-state index contributed by atoms with van der Waals surface area (Å²) in [5, 5.41) is 7.34. The van der Waals surface area contributed by atoms with Crippen molar-refractivity contribution in [2.75, 3.05) is 18.1 Å². The van der Waals surface area contributed by atoms with E-state index >= 15 is 0 Å². The molecule has 12 heteroatoms. The molecule has 1 aliphatic heterocycles. The monoisotopic (exact) mass is 608 g/mol. The van der Waals surface area contributed by atoms with Gasteiger partial charge in [-0.2, -0.15) is 18.3 Å². The number of para-hydroxylation sites is 1. The van der Waals surface area contributed by atoms with Crippen LogP contribution < -0.4 is 10.2 Å². The molecule has 3 aromatic carbocycles. The number of hydrogen-bond donors (Lipinski definition) is 1. The number of halogens is 4. The molecule has 0 bridgehead atoms. The van der Waals surface area contributed by atoms with Gasteiger partial charge >= 0.3 is 12.1 Å². The highest BCUT2D eigenvalue weighted by molar-refractivity contribution is 6.05. The van der Waals surface area contributed by atoms with Gasteiger partial charge in [-0.15, -0.1) is 0 Å². The van der Waals surface area contributed by atoms with Crippen LogP contribution in [0, 0.1) is 12.7 Å². The van der Waals surface area contributed by atoms with Gasteiger partial charge in [0.1, 0.15) is 17.7 Å². The maximum absolute atomic E-state index is 14.8. The summed E-state index contributed by atoms with van der Waals surface area (Å²) in [4.78, 5) is 41.7. The van der Waals surface area contributed by atoms with Crippen molar-refractivity contribution in [2.24, 2.45) is 0 Å². The average Bonchev–Trinajstić information content (AvgIpc) is 3.34. The van der Waals surface area contributed by atoms with Crippen molar-refractivity contribution < 1.29 is 36.7 Å². The number of carbonyl (C=O) groups excluding carboxylic acids is 3. The number of benzene rings is 3. The first-order chi connectivity index (χ1) is 21.0. The standard InChI is InChI=1S/C32H28F4N4O4/c1-4-39-29-25(18(3)38-40(29)22-12-7-6-8-13-22)26(19-14-15-24(33)23(17-19)31(43)44-5-2)27(30(39)42)37-28(41)20-10-9-11-21(16-20)32(34,35)36/h6-17,26-27H,4-5H2,1-3H3,(H,37,41)/t26?,27-/m0/s1. The number of anilines is 1. The van der Waals surface area contributed by atoms with E-state index in [0.717, 1.165) is 18.2 Å². The number of rotatable bonds is 7. The Morgan fingerprint density at radius 2 is 1.73 bits per heavy atom. The van der Waals surface area contributed by atoms with Gasteiger partial charge in [-0.25, -0.2) is 13.9 Å². The molecule has 1 unspecified atom stereocenters. The van der Waals surface area contributed by atoms with E-state index < -0.39 is 47.3 Å². The zero-order valence-corrected chi connectivity index (χ0v) is 24.0. The van der Waals surface area contributed by atoms with Crippen LogP contribution >= 0.6 is 0 Å². The fourth-order valence-corrected chi connectivity index (χ4v) is 5.45. The molecule has 0 saturated carbocycles. The average molecular weight is 609 g/mol. The Labute approximate surface area is 250 Å². The molecule has 0 spiro atoms. The van der Waals surface area contributed by atoms with Crippen LogP contribution in [0.4, 0.5) is 23.4 Å². The van der Waals surface area contributed by atoms with Crippen LogP contribution in [0.3, 0.4) is 0 Å². The Bertz CT molecular complexity index is 1740. The van der Waals surface area contributed by atoms with Crippen molar-refractivity contribution in [1.82, 2.24) is 15.1 Å². The van der Waals surface area contributed by atoms with Crippen LogP contribution in [0.2, 0.25) is 0 Å². The third-order valence-corrected chi connectivity index (χ3v) is 7.41. The largest absolute Gasteiger partial charge is 0.462 e. The second kappa shape index (κ2) is 11.9. The molecule has 0 fully saturated rings. The molecule has 1 aliphatic rings. The summed E-state index contributed by atoms with van der Waals surface area (Å²) in [6.07, 6.45) is -4.69. The molecule has 0 aliphatic carbocycles. The fourth-order valence-electron chi connectivity index (χ4n) is 5.45. The normalized spacial score (nSPS) is 16.4. The lowest BCUT2D eigenvalue weighted by Crippen LogP contribution is -2.55. The third kappa shape index (κ3) is 5.54. The number of aryl methyl sites for hydroxylation is 1. The van der Waals surface area contributed by atoms with E-state index in [9.17, 15) is 31.9 Å². The Hall–Kier alpha value is -5.00. The van der Waals surface area contributed by atoms with E-state index in [2.05, 4.69) is 5.32 Å². The van der Waals surface area contributed by atoms with Gasteiger partial charge in [0.05, 0.1) is 29.1 Å². The highest BCUT2D eigenvalue weighted by Gasteiger charge is 2.46. The molecule has 0 radical (unpaired) electrons. The zero-order valence-electron chi connectivity index (χ0n) is 24.0. The van der Waals surface area contributed by atoms with Crippen molar-refractivity contribution in [3.05, 3.63) is 112 Å². The Morgan fingerprint density at radius 3 is 2.39 bits per heavy atom. The number of fused-ring (bicyclic) bond motifs is 1. The van der Waals surface area contributed by atoms with Crippen LogP contribution in [-0.4, -0.2) is 46.8 Å². The minimum absolute atomic E-state index is 0.00134. The van der Waals surface area contributed by atoms with Crippen LogP contribution in [0.25, 0.3) is 5.69 Å². The summed E-state index contributed by atoms with van der Waals surface area (Å²) in [5.74, 6) is -3.82. The maximum Gasteiger partial charge on any atom is 0.416 e. The van der Waals surface area contributed by atoms with Crippen LogP contribution in [0.5, 0.6) is 0 Å². The molecular weight excluding hydrogens is 580 g/mol. The van der Waals surface area contributed by atoms with Gasteiger partial charge in [-0.3, -0.25) is 14.5 Å². The van der Waals surface area contributed by atoms with Crippen molar-refractivity contribution in [3.8, 4) is 5.69 Å². The van der Waals surface area contributed by atoms with E-state index in [4.69, 9.17) is 9.84 Å². The Morgan fingerprint density at radius 1 is 1.00 bits per heavy atom. The highest BCUT2D eigenvalue weighted by atomic mass is 19.4. The van der Waals surface area contributed by atoms with Gasteiger partial charge in [0, 0.05) is 23.6 Å². The lowest BCUT2D eigenvalue weighted by molar-refractivity contribution is -0.137. The predicted molar refractivity (Wildman–Crippen MR) is 153 cm³/mol. The number of esters is 1. The van der Waals surface area contributed by atoms with E-state index in [1.165, 1.54) is 23.1 Å². The Kier molecular flexibility index (Phi) is 8.27. The van der Waals surface area contributed by atoms with E-state index in [1.54, 1.807) is 49.7 Å². The molecule has 2 heterocycles. The number of amides is 2. The maximum atomic E-state index is 14.8. The minimum atomic E-state index is -4.69. The molecule has 4 aromatic rings. The van der Waals surface area contributed by atoms with Gasteiger partial charge in [-0.1, -0.05) is 30.3 Å². The number of aromatic nitrogens is 2. The van der Waals surface area contributed by atoms with Gasteiger partial charge in [0.25, 0.3) is 11.8 Å². The first kappa shape index (κ1) is 30.5. The molecule has 44 heavy (non-hydrogen) atoms. The molecule has 1 N–H and O–H groups in total. The zero-order chi connectivity index (χ0) is 31.8. The molecule has 0 saturated heterocycles. The van der Waals surface area contributed by atoms with Crippen molar-refractivity contribution in [2.45, 2.75) is 38.9 Å². The van der Waals surface area contributed by atoms with E-state index in [1.807, 2.05) is 6.07 Å². The number of hydrogen-bond acceptors (Lipinski definition) is 5. The summed E-state index contributed by atoms with van der Waals surface area (Å²) in [7, 11) is 0. The van der Waals surface area contributed by atoms with Crippen LogP contribution in [0.15, 0.2) is 72.8 Å². The quantitative estimate of drug-likeness (QED) is 0.211. The van der Waals surface area contributed by atoms with Gasteiger partial charge in [0.2, 0.25) is 0 Å². The van der Waals surface area contributed by atoms with Gasteiger partial charge in [-0.05, 0) is 68.8 Å². The lowest BCUT2D eigenvalue weighted by Gasteiger charge is -2.38. The van der Waals surface area contributed by atoms with Crippen LogP contribution in [0.1, 0.15) is 62.9 Å². The third-order valence-electron chi connectivity index (χ3n) is 7.41. The van der Waals surface area contributed by atoms with E-state index in [-0.39, 0.29) is 24.3 Å². The SMILES string of the molecule is CCOC(=O)c1cc(C2c3c(C)nn(-c4ccccc4)c3N(CC)C(=O)[C@H]2NC(=O)c2cccc(C(F)(F)F)c2)ccc1F. The molecule has 2 amide bonds. The van der Waals surface area contributed by atoms with E-state index in [0.29, 0.717) is 34.4 Å². The molecular formula is C32H28F4N4O4. The first-order valence-electron chi connectivity index (χ1n) is 13.9. The smallest absolute Gasteiger partial charge is 0.416 e. The number of ether oxygens (including phenoxy) is 1. The second-order valence-corrected chi connectivity index (χ2v) is 10.1. The van der Waals surface area contributed by atoms with Crippen molar-refractivity contribution in [3.63, 3.8) is 0 Å². The predicted octanol–water partition coefficient (Wildman–Crippen LogP) is 5.81. The highest BCUT2D eigenvalue weighted by Crippen LogP contribution is 2.44. The molecule has 5 rings (SSSR count). The molecule has 1 aromatic heterocycles. The summed E-state index contributed by atoms with van der Waals surface area (Å²) < 4.78 is 61.6. The number of nitrogens with zero attached hydrogens (tertiary/aromatic N) is 3. The molecule has 228 valence electrons.